The van der Waals surface area contributed by atoms with E-state index in [2.05, 4.69) is 18.9 Å². The number of ether oxygens (including phenoxy) is 1. The van der Waals surface area contributed by atoms with Crippen LogP contribution in [0.2, 0.25) is 0 Å². The van der Waals surface area contributed by atoms with Crippen LogP contribution in [0.4, 0.5) is 0 Å². The average molecular weight is 239 g/mol. The van der Waals surface area contributed by atoms with Crippen LogP contribution >= 0.6 is 0 Å². The second-order valence-corrected chi connectivity index (χ2v) is 5.12. The van der Waals surface area contributed by atoms with Crippen molar-refractivity contribution in [3.05, 3.63) is 12.7 Å². The van der Waals surface area contributed by atoms with E-state index in [0.717, 1.165) is 6.61 Å². The lowest BCUT2D eigenvalue weighted by molar-refractivity contribution is 0.0994. The highest BCUT2D eigenvalue weighted by molar-refractivity contribution is 4.71. The molecule has 1 aliphatic rings. The van der Waals surface area contributed by atoms with E-state index in [1.54, 1.807) is 0 Å². The van der Waals surface area contributed by atoms with Gasteiger partial charge >= 0.3 is 0 Å². The smallest absolute Gasteiger partial charge is 0.0576 e. The molecule has 100 valence electrons. The molecule has 1 heterocycles. The number of hydrogen-bond donors (Lipinski definition) is 1. The second-order valence-electron chi connectivity index (χ2n) is 5.12. The molecule has 0 radical (unpaired) electrons. The fourth-order valence-electron chi connectivity index (χ4n) is 2.55. The highest BCUT2D eigenvalue weighted by atomic mass is 16.5. The Hall–Kier alpha value is -0.340. The Balaban J connectivity index is 2.00. The van der Waals surface area contributed by atoms with Gasteiger partial charge in [-0.05, 0) is 52.0 Å². The van der Waals surface area contributed by atoms with E-state index in [-0.39, 0.29) is 0 Å². The molecule has 2 heteroatoms. The van der Waals surface area contributed by atoms with E-state index >= 15 is 0 Å². The summed E-state index contributed by atoms with van der Waals surface area (Å²) >= 11 is 0. The Bertz CT molecular complexity index is 187. The van der Waals surface area contributed by atoms with Crippen molar-refractivity contribution < 1.29 is 4.74 Å². The molecule has 2 atom stereocenters. The molecular weight excluding hydrogens is 210 g/mol. The first-order valence-corrected chi connectivity index (χ1v) is 7.26. The highest BCUT2D eigenvalue weighted by Gasteiger charge is 2.16. The molecule has 1 aliphatic heterocycles. The van der Waals surface area contributed by atoms with Crippen molar-refractivity contribution in [2.75, 3.05) is 13.7 Å². The van der Waals surface area contributed by atoms with Crippen molar-refractivity contribution >= 4 is 0 Å². The van der Waals surface area contributed by atoms with Gasteiger partial charge in [0.25, 0.3) is 0 Å². The molecule has 2 nitrogen and oxygen atoms in total. The molecule has 1 rings (SSSR count). The molecule has 0 aromatic rings. The van der Waals surface area contributed by atoms with Gasteiger partial charge < -0.3 is 10.1 Å². The fourth-order valence-corrected chi connectivity index (χ4v) is 2.55. The molecule has 0 spiro atoms. The monoisotopic (exact) mass is 239 g/mol. The summed E-state index contributed by atoms with van der Waals surface area (Å²) in [6, 6.07) is 0.683. The third-order valence-corrected chi connectivity index (χ3v) is 3.73. The van der Waals surface area contributed by atoms with E-state index in [1.165, 1.54) is 57.8 Å². The first-order valence-electron chi connectivity index (χ1n) is 7.26. The predicted molar refractivity (Wildman–Crippen MR) is 74.3 cm³/mol. The van der Waals surface area contributed by atoms with Gasteiger partial charge in [-0.3, -0.25) is 0 Å². The molecule has 0 aromatic heterocycles. The van der Waals surface area contributed by atoms with Crippen molar-refractivity contribution in [3.8, 4) is 0 Å². The Morgan fingerprint density at radius 3 is 2.88 bits per heavy atom. The van der Waals surface area contributed by atoms with Crippen LogP contribution in [0.1, 0.15) is 57.8 Å². The van der Waals surface area contributed by atoms with E-state index in [0.29, 0.717) is 12.1 Å². The zero-order valence-electron chi connectivity index (χ0n) is 11.4. The van der Waals surface area contributed by atoms with Gasteiger partial charge in [-0.1, -0.05) is 18.9 Å². The summed E-state index contributed by atoms with van der Waals surface area (Å²) in [5.41, 5.74) is 0. The van der Waals surface area contributed by atoms with Gasteiger partial charge in [-0.25, -0.2) is 0 Å². The second kappa shape index (κ2) is 9.67. The van der Waals surface area contributed by atoms with Crippen LogP contribution in [0.15, 0.2) is 12.7 Å². The van der Waals surface area contributed by atoms with Crippen LogP contribution in [-0.4, -0.2) is 25.8 Å². The zero-order valence-corrected chi connectivity index (χ0v) is 11.4. The summed E-state index contributed by atoms with van der Waals surface area (Å²) in [5.74, 6) is 0. The molecule has 0 aromatic carbocycles. The minimum Gasteiger partial charge on any atom is -0.378 e. The van der Waals surface area contributed by atoms with Crippen molar-refractivity contribution in [1.29, 1.82) is 0 Å². The van der Waals surface area contributed by atoms with Crippen LogP contribution in [0.5, 0.6) is 0 Å². The maximum Gasteiger partial charge on any atom is 0.0576 e. The van der Waals surface area contributed by atoms with Crippen LogP contribution < -0.4 is 5.32 Å². The van der Waals surface area contributed by atoms with Gasteiger partial charge in [-0.15, -0.1) is 6.58 Å². The summed E-state index contributed by atoms with van der Waals surface area (Å²) in [5, 5.41) is 3.44. The molecule has 17 heavy (non-hydrogen) atoms. The fraction of sp³-hybridized carbons (Fsp3) is 0.867. The topological polar surface area (TPSA) is 21.3 Å². The van der Waals surface area contributed by atoms with E-state index in [9.17, 15) is 0 Å². The summed E-state index contributed by atoms with van der Waals surface area (Å²) < 4.78 is 5.67. The Morgan fingerprint density at radius 2 is 2.24 bits per heavy atom. The van der Waals surface area contributed by atoms with Gasteiger partial charge in [0.2, 0.25) is 0 Å². The van der Waals surface area contributed by atoms with Gasteiger partial charge in [0.1, 0.15) is 0 Å². The Kier molecular flexibility index (Phi) is 8.37. The molecule has 0 aliphatic carbocycles. The molecule has 0 amide bonds. The standard InChI is InChI=1S/C15H29NO/c1-3-4-5-6-7-9-14(16-2)11-12-15-10-8-13-17-15/h3,14-16H,1,4-13H2,2H3. The van der Waals surface area contributed by atoms with Crippen molar-refractivity contribution in [1.82, 2.24) is 5.32 Å². The van der Waals surface area contributed by atoms with Gasteiger partial charge in [0.05, 0.1) is 6.10 Å². The Labute approximate surface area is 107 Å². The largest absolute Gasteiger partial charge is 0.378 e. The summed E-state index contributed by atoms with van der Waals surface area (Å²) in [6.45, 7) is 4.74. The highest BCUT2D eigenvalue weighted by Crippen LogP contribution is 2.19. The number of allylic oxidation sites excluding steroid dienone is 1. The third-order valence-electron chi connectivity index (χ3n) is 3.73. The van der Waals surface area contributed by atoms with Gasteiger partial charge in [0, 0.05) is 12.6 Å². The first kappa shape index (κ1) is 14.7. The van der Waals surface area contributed by atoms with Crippen LogP contribution in [0.25, 0.3) is 0 Å². The molecule has 1 saturated heterocycles. The van der Waals surface area contributed by atoms with Crippen molar-refractivity contribution in [3.63, 3.8) is 0 Å². The first-order chi connectivity index (χ1) is 8.36. The summed E-state index contributed by atoms with van der Waals surface area (Å²) in [4.78, 5) is 0. The zero-order chi connectivity index (χ0) is 12.3. The average Bonchev–Trinajstić information content (AvgIpc) is 2.86. The predicted octanol–water partition coefficient (Wildman–Crippen LogP) is 3.67. The normalized spacial score (nSPS) is 21.6. The number of rotatable bonds is 10. The van der Waals surface area contributed by atoms with Gasteiger partial charge in [0.15, 0.2) is 0 Å². The molecule has 0 saturated carbocycles. The van der Waals surface area contributed by atoms with E-state index in [4.69, 9.17) is 4.74 Å². The SMILES string of the molecule is C=CCCCCCC(CCC1CCCO1)NC. The minimum atomic E-state index is 0.548. The maximum absolute atomic E-state index is 5.67. The van der Waals surface area contributed by atoms with Crippen LogP contribution in [-0.2, 0) is 4.74 Å². The van der Waals surface area contributed by atoms with Crippen molar-refractivity contribution in [2.24, 2.45) is 0 Å². The molecule has 0 bridgehead atoms. The molecule has 1 fully saturated rings. The molecule has 1 N–H and O–H groups in total. The van der Waals surface area contributed by atoms with E-state index < -0.39 is 0 Å². The lowest BCUT2D eigenvalue weighted by atomic mass is 10.0. The van der Waals surface area contributed by atoms with Crippen molar-refractivity contribution in [2.45, 2.75) is 69.9 Å². The van der Waals surface area contributed by atoms with Crippen LogP contribution in [0.3, 0.4) is 0 Å². The molecular formula is C15H29NO. The third kappa shape index (κ3) is 6.85. The maximum atomic E-state index is 5.67. The van der Waals surface area contributed by atoms with E-state index in [1.807, 2.05) is 6.08 Å². The number of unbranched alkanes of at least 4 members (excludes halogenated alkanes) is 3. The summed E-state index contributed by atoms with van der Waals surface area (Å²) in [6.07, 6.45) is 14.0. The van der Waals surface area contributed by atoms with Gasteiger partial charge in [-0.2, -0.15) is 0 Å². The number of hydrogen-bond acceptors (Lipinski definition) is 2. The summed E-state index contributed by atoms with van der Waals surface area (Å²) in [7, 11) is 2.09. The molecule has 2 unspecified atom stereocenters. The lowest BCUT2D eigenvalue weighted by Crippen LogP contribution is -2.26. The number of nitrogens with one attached hydrogen (secondary N) is 1. The quantitative estimate of drug-likeness (QED) is 0.464. The minimum absolute atomic E-state index is 0.548. The lowest BCUT2D eigenvalue weighted by Gasteiger charge is -2.18. The van der Waals surface area contributed by atoms with Crippen LogP contribution in [0, 0.1) is 0 Å². The Morgan fingerprint density at radius 1 is 1.35 bits per heavy atom.